The SMILES string of the molecule is O=C(O)CCCCCCCC=CCC(=O)/C=C(O)/C=C/CCO. The predicted octanol–water partition coefficient (Wildman–Crippen LogP) is 3.70. The van der Waals surface area contributed by atoms with E-state index in [4.69, 9.17) is 10.2 Å². The third-order valence-corrected chi connectivity index (χ3v) is 3.14. The van der Waals surface area contributed by atoms with E-state index in [0.717, 1.165) is 38.5 Å². The Balaban J connectivity index is 3.64. The zero-order valence-corrected chi connectivity index (χ0v) is 13.6. The number of carboxylic acids is 1. The molecular weight excluding hydrogens is 296 g/mol. The second-order valence-electron chi connectivity index (χ2n) is 5.33. The van der Waals surface area contributed by atoms with Crippen LogP contribution in [0.1, 0.15) is 57.8 Å². The minimum atomic E-state index is -0.735. The number of allylic oxidation sites excluding steroid dienone is 4. The molecule has 0 radical (unpaired) electrons. The number of carbonyl (C=O) groups excluding carboxylic acids is 1. The van der Waals surface area contributed by atoms with Crippen LogP contribution in [-0.4, -0.2) is 33.7 Å². The van der Waals surface area contributed by atoms with Gasteiger partial charge in [0, 0.05) is 25.5 Å². The van der Waals surface area contributed by atoms with Crippen molar-refractivity contribution in [1.29, 1.82) is 0 Å². The largest absolute Gasteiger partial charge is 0.508 e. The number of carboxylic acid groups (broad SMARTS) is 1. The Morgan fingerprint density at radius 1 is 0.826 bits per heavy atom. The second kappa shape index (κ2) is 15.0. The summed E-state index contributed by atoms with van der Waals surface area (Å²) >= 11 is 0. The Labute approximate surface area is 138 Å². The normalized spacial score (nSPS) is 12.3. The highest BCUT2D eigenvalue weighted by Crippen LogP contribution is 2.08. The van der Waals surface area contributed by atoms with Gasteiger partial charge in [-0.05, 0) is 31.8 Å². The zero-order valence-electron chi connectivity index (χ0n) is 13.6. The molecule has 0 aromatic carbocycles. The maximum absolute atomic E-state index is 11.5. The zero-order chi connectivity index (χ0) is 17.3. The lowest BCUT2D eigenvalue weighted by molar-refractivity contribution is -0.137. The highest BCUT2D eigenvalue weighted by Gasteiger charge is 1.97. The van der Waals surface area contributed by atoms with Gasteiger partial charge in [-0.3, -0.25) is 9.59 Å². The van der Waals surface area contributed by atoms with Crippen LogP contribution in [0.25, 0.3) is 0 Å². The first kappa shape index (κ1) is 21.1. The van der Waals surface area contributed by atoms with Crippen molar-refractivity contribution in [2.24, 2.45) is 0 Å². The number of aliphatic carboxylic acids is 1. The number of ketones is 1. The fraction of sp³-hybridized carbons (Fsp3) is 0.556. The van der Waals surface area contributed by atoms with Crippen molar-refractivity contribution in [2.45, 2.75) is 57.8 Å². The Morgan fingerprint density at radius 3 is 2.22 bits per heavy atom. The molecule has 0 aromatic heterocycles. The number of carbonyl (C=O) groups is 2. The van der Waals surface area contributed by atoms with E-state index in [9.17, 15) is 14.7 Å². The van der Waals surface area contributed by atoms with Crippen LogP contribution < -0.4 is 0 Å². The lowest BCUT2D eigenvalue weighted by Gasteiger charge is -1.98. The molecule has 0 bridgehead atoms. The first-order chi connectivity index (χ1) is 11.1. The molecule has 0 aliphatic rings. The van der Waals surface area contributed by atoms with Gasteiger partial charge < -0.3 is 15.3 Å². The molecule has 5 heteroatoms. The lowest BCUT2D eigenvalue weighted by atomic mass is 10.1. The monoisotopic (exact) mass is 324 g/mol. The Morgan fingerprint density at radius 2 is 1.52 bits per heavy atom. The second-order valence-corrected chi connectivity index (χ2v) is 5.33. The molecule has 0 aliphatic heterocycles. The lowest BCUT2D eigenvalue weighted by Crippen LogP contribution is -1.93. The molecule has 0 unspecified atom stereocenters. The van der Waals surface area contributed by atoms with Gasteiger partial charge in [-0.1, -0.05) is 37.5 Å². The minimum Gasteiger partial charge on any atom is -0.508 e. The summed E-state index contributed by atoms with van der Waals surface area (Å²) in [4.78, 5) is 21.9. The third-order valence-electron chi connectivity index (χ3n) is 3.14. The number of rotatable bonds is 14. The molecule has 0 saturated carbocycles. The van der Waals surface area contributed by atoms with Crippen LogP contribution in [0.4, 0.5) is 0 Å². The molecule has 130 valence electrons. The summed E-state index contributed by atoms with van der Waals surface area (Å²) in [6, 6.07) is 0. The molecule has 0 saturated heterocycles. The summed E-state index contributed by atoms with van der Waals surface area (Å²) in [6.07, 6.45) is 14.6. The molecule has 23 heavy (non-hydrogen) atoms. The number of unbranched alkanes of at least 4 members (excludes halogenated alkanes) is 5. The highest BCUT2D eigenvalue weighted by molar-refractivity contribution is 5.91. The molecule has 0 fully saturated rings. The van der Waals surface area contributed by atoms with Gasteiger partial charge in [-0.2, -0.15) is 0 Å². The van der Waals surface area contributed by atoms with E-state index in [1.54, 1.807) is 12.2 Å². The summed E-state index contributed by atoms with van der Waals surface area (Å²) in [5.41, 5.74) is 0. The van der Waals surface area contributed by atoms with Crippen molar-refractivity contribution >= 4 is 11.8 Å². The van der Waals surface area contributed by atoms with Crippen LogP contribution in [-0.2, 0) is 9.59 Å². The topological polar surface area (TPSA) is 94.8 Å². The van der Waals surface area contributed by atoms with Gasteiger partial charge in [0.2, 0.25) is 0 Å². The van der Waals surface area contributed by atoms with Crippen LogP contribution in [0.15, 0.2) is 36.1 Å². The van der Waals surface area contributed by atoms with Crippen molar-refractivity contribution < 1.29 is 24.9 Å². The van der Waals surface area contributed by atoms with E-state index in [1.807, 2.05) is 6.08 Å². The molecule has 0 spiro atoms. The molecule has 0 amide bonds. The van der Waals surface area contributed by atoms with Crippen molar-refractivity contribution in [3.8, 4) is 0 Å². The first-order valence-electron chi connectivity index (χ1n) is 8.14. The van der Waals surface area contributed by atoms with Gasteiger partial charge >= 0.3 is 5.97 Å². The van der Waals surface area contributed by atoms with E-state index < -0.39 is 5.97 Å². The molecule has 5 nitrogen and oxygen atoms in total. The number of hydrogen-bond acceptors (Lipinski definition) is 4. The number of aliphatic hydroxyl groups is 2. The molecule has 0 aliphatic carbocycles. The quantitative estimate of drug-likeness (QED) is 0.149. The summed E-state index contributed by atoms with van der Waals surface area (Å²) in [6.45, 7) is 0.0139. The minimum absolute atomic E-state index is 0.0139. The van der Waals surface area contributed by atoms with Crippen LogP contribution in [0.2, 0.25) is 0 Å². The summed E-state index contributed by atoms with van der Waals surface area (Å²) in [7, 11) is 0. The fourth-order valence-electron chi connectivity index (χ4n) is 1.94. The average molecular weight is 324 g/mol. The summed E-state index contributed by atoms with van der Waals surface area (Å²) in [5, 5.41) is 26.5. The highest BCUT2D eigenvalue weighted by atomic mass is 16.4. The third kappa shape index (κ3) is 16.3. The van der Waals surface area contributed by atoms with Crippen molar-refractivity contribution in [3.63, 3.8) is 0 Å². The fourth-order valence-corrected chi connectivity index (χ4v) is 1.94. The van der Waals surface area contributed by atoms with Gasteiger partial charge in [0.15, 0.2) is 5.78 Å². The van der Waals surface area contributed by atoms with Crippen LogP contribution >= 0.6 is 0 Å². The van der Waals surface area contributed by atoms with Gasteiger partial charge in [0.25, 0.3) is 0 Å². The molecule has 0 rings (SSSR count). The molecular formula is C18H28O5. The van der Waals surface area contributed by atoms with E-state index in [2.05, 4.69) is 0 Å². The van der Waals surface area contributed by atoms with Crippen molar-refractivity contribution in [3.05, 3.63) is 36.1 Å². The predicted molar refractivity (Wildman–Crippen MR) is 90.3 cm³/mol. The van der Waals surface area contributed by atoms with E-state index in [0.29, 0.717) is 6.42 Å². The molecule has 3 N–H and O–H groups in total. The number of aliphatic hydroxyl groups excluding tert-OH is 2. The maximum atomic E-state index is 11.5. The summed E-state index contributed by atoms with van der Waals surface area (Å²) in [5.74, 6) is -0.999. The van der Waals surface area contributed by atoms with Crippen LogP contribution in [0.5, 0.6) is 0 Å². The number of hydrogen-bond donors (Lipinski definition) is 3. The van der Waals surface area contributed by atoms with Crippen molar-refractivity contribution in [1.82, 2.24) is 0 Å². The Bertz CT molecular complexity index is 421. The molecule has 0 aromatic rings. The van der Waals surface area contributed by atoms with Gasteiger partial charge in [0.1, 0.15) is 5.76 Å². The van der Waals surface area contributed by atoms with Crippen LogP contribution in [0, 0.1) is 0 Å². The average Bonchev–Trinajstić information content (AvgIpc) is 2.49. The van der Waals surface area contributed by atoms with Gasteiger partial charge in [0.05, 0.1) is 0 Å². The summed E-state index contributed by atoms with van der Waals surface area (Å²) < 4.78 is 0. The smallest absolute Gasteiger partial charge is 0.303 e. The van der Waals surface area contributed by atoms with E-state index in [1.165, 1.54) is 12.2 Å². The van der Waals surface area contributed by atoms with Crippen molar-refractivity contribution in [2.75, 3.05) is 6.61 Å². The molecule has 0 heterocycles. The Hall–Kier alpha value is -1.88. The first-order valence-corrected chi connectivity index (χ1v) is 8.14. The van der Waals surface area contributed by atoms with E-state index in [-0.39, 0.29) is 31.0 Å². The standard InChI is InChI=1S/C18H28O5/c19-14-10-9-12-17(21)15-16(20)11-7-5-3-1-2-4-6-8-13-18(22)23/h5,7,9,12,15,19,21H,1-4,6,8,10-11,13-14H2,(H,22,23)/b7-5?,12-9+,17-15-. The molecule has 0 atom stereocenters. The van der Waals surface area contributed by atoms with Gasteiger partial charge in [-0.15, -0.1) is 0 Å². The Kier molecular flexibility index (Phi) is 13.8. The maximum Gasteiger partial charge on any atom is 0.303 e. The van der Waals surface area contributed by atoms with Gasteiger partial charge in [-0.25, -0.2) is 0 Å². The van der Waals surface area contributed by atoms with Crippen LogP contribution in [0.3, 0.4) is 0 Å². The van der Waals surface area contributed by atoms with E-state index >= 15 is 0 Å².